The van der Waals surface area contributed by atoms with Crippen LogP contribution in [0.25, 0.3) is 0 Å². The zero-order valence-corrected chi connectivity index (χ0v) is 10.7. The normalized spacial score (nSPS) is 16.5. The van der Waals surface area contributed by atoms with Gasteiger partial charge in [0.05, 0.1) is 7.11 Å². The SMILES string of the molecule is COc1cccc(OC(=O)C2=CC(N)=NS2(=O)=O)c1. The predicted octanol–water partition coefficient (Wildman–Crippen LogP) is 0.185. The lowest BCUT2D eigenvalue weighted by atomic mass is 10.3. The predicted molar refractivity (Wildman–Crippen MR) is 67.3 cm³/mol. The Morgan fingerprint density at radius 2 is 2.00 bits per heavy atom. The van der Waals surface area contributed by atoms with E-state index < -0.39 is 20.9 Å². The van der Waals surface area contributed by atoms with Crippen molar-refractivity contribution in [2.75, 3.05) is 7.11 Å². The van der Waals surface area contributed by atoms with E-state index >= 15 is 0 Å². The van der Waals surface area contributed by atoms with Crippen LogP contribution in [0.3, 0.4) is 0 Å². The van der Waals surface area contributed by atoms with E-state index in [0.717, 1.165) is 6.08 Å². The highest BCUT2D eigenvalue weighted by molar-refractivity contribution is 7.95. The van der Waals surface area contributed by atoms with Gasteiger partial charge in [-0.15, -0.1) is 4.40 Å². The number of nitrogens with two attached hydrogens (primary N) is 1. The molecule has 0 unspecified atom stereocenters. The quantitative estimate of drug-likeness (QED) is 0.626. The number of esters is 1. The Morgan fingerprint density at radius 3 is 2.58 bits per heavy atom. The van der Waals surface area contributed by atoms with E-state index in [2.05, 4.69) is 4.40 Å². The highest BCUT2D eigenvalue weighted by Crippen LogP contribution is 2.22. The fourth-order valence-electron chi connectivity index (χ4n) is 1.41. The number of nitrogens with zero attached hydrogens (tertiary/aromatic N) is 1. The van der Waals surface area contributed by atoms with Crippen molar-refractivity contribution in [1.29, 1.82) is 0 Å². The summed E-state index contributed by atoms with van der Waals surface area (Å²) in [5.74, 6) is -0.662. The van der Waals surface area contributed by atoms with Crippen LogP contribution < -0.4 is 15.2 Å². The first kappa shape index (κ1) is 13.1. The molecule has 0 aromatic heterocycles. The number of carbonyl (C=O) groups is 1. The van der Waals surface area contributed by atoms with Gasteiger partial charge < -0.3 is 15.2 Å². The molecular formula is C11H10N2O5S. The van der Waals surface area contributed by atoms with Gasteiger partial charge in [-0.3, -0.25) is 0 Å². The van der Waals surface area contributed by atoms with Gasteiger partial charge in [0.2, 0.25) is 0 Å². The minimum Gasteiger partial charge on any atom is -0.497 e. The summed E-state index contributed by atoms with van der Waals surface area (Å²) in [6.45, 7) is 0. The summed E-state index contributed by atoms with van der Waals surface area (Å²) >= 11 is 0. The van der Waals surface area contributed by atoms with Gasteiger partial charge in [-0.05, 0) is 12.1 Å². The van der Waals surface area contributed by atoms with Gasteiger partial charge in [0.15, 0.2) is 4.91 Å². The molecule has 0 saturated carbocycles. The number of sulfonamides is 1. The van der Waals surface area contributed by atoms with Crippen LogP contribution >= 0.6 is 0 Å². The molecule has 0 amide bonds. The summed E-state index contributed by atoms with van der Waals surface area (Å²) in [4.78, 5) is 11.1. The van der Waals surface area contributed by atoms with Gasteiger partial charge in [-0.25, -0.2) is 4.79 Å². The molecule has 2 rings (SSSR count). The molecule has 0 saturated heterocycles. The van der Waals surface area contributed by atoms with E-state index in [-0.39, 0.29) is 11.6 Å². The van der Waals surface area contributed by atoms with Crippen molar-refractivity contribution in [3.8, 4) is 11.5 Å². The molecule has 0 radical (unpaired) electrons. The average molecular weight is 282 g/mol. The molecule has 0 spiro atoms. The number of amidine groups is 1. The van der Waals surface area contributed by atoms with Crippen molar-refractivity contribution in [3.05, 3.63) is 35.2 Å². The van der Waals surface area contributed by atoms with Gasteiger partial charge in [-0.2, -0.15) is 8.42 Å². The monoisotopic (exact) mass is 282 g/mol. The second-order valence-electron chi connectivity index (χ2n) is 3.57. The van der Waals surface area contributed by atoms with E-state index in [4.69, 9.17) is 15.2 Å². The Hall–Kier alpha value is -2.35. The number of methoxy groups -OCH3 is 1. The lowest BCUT2D eigenvalue weighted by Gasteiger charge is -2.05. The number of carbonyl (C=O) groups excluding carboxylic acids is 1. The molecule has 1 heterocycles. The summed E-state index contributed by atoms with van der Waals surface area (Å²) in [7, 11) is -2.60. The topological polar surface area (TPSA) is 108 Å². The van der Waals surface area contributed by atoms with Crippen molar-refractivity contribution in [2.45, 2.75) is 0 Å². The van der Waals surface area contributed by atoms with Crippen LogP contribution in [0.2, 0.25) is 0 Å². The lowest BCUT2D eigenvalue weighted by molar-refractivity contribution is -0.129. The molecule has 0 aliphatic carbocycles. The van der Waals surface area contributed by atoms with Crippen LogP contribution in [0.1, 0.15) is 0 Å². The first-order valence-electron chi connectivity index (χ1n) is 5.11. The molecule has 0 atom stereocenters. The summed E-state index contributed by atoms with van der Waals surface area (Å²) < 4.78 is 36.0. The molecule has 1 aliphatic heterocycles. The second-order valence-corrected chi connectivity index (χ2v) is 5.14. The first-order valence-corrected chi connectivity index (χ1v) is 6.55. The van der Waals surface area contributed by atoms with Crippen LogP contribution in [0.4, 0.5) is 0 Å². The minimum absolute atomic E-state index is 0.158. The molecule has 1 aliphatic rings. The third-order valence-electron chi connectivity index (χ3n) is 2.24. The molecule has 2 N–H and O–H groups in total. The van der Waals surface area contributed by atoms with E-state index in [9.17, 15) is 13.2 Å². The first-order chi connectivity index (χ1) is 8.92. The van der Waals surface area contributed by atoms with E-state index in [1.165, 1.54) is 19.2 Å². The Balaban J connectivity index is 2.21. The van der Waals surface area contributed by atoms with Crippen molar-refractivity contribution in [3.63, 3.8) is 0 Å². The van der Waals surface area contributed by atoms with Crippen molar-refractivity contribution < 1.29 is 22.7 Å². The van der Waals surface area contributed by atoms with Gasteiger partial charge in [-0.1, -0.05) is 6.07 Å². The number of benzene rings is 1. The van der Waals surface area contributed by atoms with E-state index in [1.54, 1.807) is 12.1 Å². The maximum Gasteiger partial charge on any atom is 0.357 e. The lowest BCUT2D eigenvalue weighted by Crippen LogP contribution is -2.15. The Morgan fingerprint density at radius 1 is 1.32 bits per heavy atom. The van der Waals surface area contributed by atoms with Gasteiger partial charge >= 0.3 is 5.97 Å². The molecule has 19 heavy (non-hydrogen) atoms. The number of hydrogen-bond acceptors (Lipinski definition) is 6. The van der Waals surface area contributed by atoms with Crippen LogP contribution in [0.5, 0.6) is 11.5 Å². The molecule has 8 heteroatoms. The van der Waals surface area contributed by atoms with E-state index in [1.807, 2.05) is 0 Å². The van der Waals surface area contributed by atoms with Crippen LogP contribution in [-0.4, -0.2) is 27.3 Å². The number of ether oxygens (including phenoxy) is 2. The van der Waals surface area contributed by atoms with Crippen LogP contribution in [0, 0.1) is 0 Å². The number of hydrogen-bond donors (Lipinski definition) is 1. The maximum atomic E-state index is 11.7. The standard InChI is InChI=1S/C11H10N2O5S/c1-17-7-3-2-4-8(5-7)18-11(14)9-6-10(12)13-19(9,15)16/h2-6H,1H3,(H2,12,13). The molecule has 1 aromatic rings. The van der Waals surface area contributed by atoms with Gasteiger partial charge in [0, 0.05) is 12.1 Å². The van der Waals surface area contributed by atoms with Gasteiger partial charge in [0.1, 0.15) is 17.3 Å². The average Bonchev–Trinajstić information content (AvgIpc) is 2.62. The third kappa shape index (κ3) is 2.74. The molecule has 100 valence electrons. The fourth-order valence-corrected chi connectivity index (χ4v) is 2.36. The molecule has 1 aromatic carbocycles. The summed E-state index contributed by atoms with van der Waals surface area (Å²) in [5.41, 5.74) is 5.24. The second kappa shape index (κ2) is 4.73. The minimum atomic E-state index is -4.05. The zero-order chi connectivity index (χ0) is 14.0. The van der Waals surface area contributed by atoms with Crippen molar-refractivity contribution in [2.24, 2.45) is 10.1 Å². The Labute approximate surface area is 109 Å². The van der Waals surface area contributed by atoms with E-state index in [0.29, 0.717) is 5.75 Å². The molecule has 7 nitrogen and oxygen atoms in total. The van der Waals surface area contributed by atoms with Gasteiger partial charge in [0.25, 0.3) is 10.0 Å². The zero-order valence-electron chi connectivity index (χ0n) is 9.86. The molecule has 0 bridgehead atoms. The van der Waals surface area contributed by atoms with Crippen LogP contribution in [0.15, 0.2) is 39.6 Å². The molecular weight excluding hydrogens is 272 g/mol. The third-order valence-corrected chi connectivity index (χ3v) is 3.53. The smallest absolute Gasteiger partial charge is 0.357 e. The summed E-state index contributed by atoms with van der Waals surface area (Å²) in [6.07, 6.45) is 0.956. The number of rotatable bonds is 3. The maximum absolute atomic E-state index is 11.7. The molecule has 0 fully saturated rings. The Kier molecular flexibility index (Phi) is 3.26. The highest BCUT2D eigenvalue weighted by atomic mass is 32.2. The summed E-state index contributed by atoms with van der Waals surface area (Å²) in [6, 6.07) is 6.20. The van der Waals surface area contributed by atoms with Crippen LogP contribution in [-0.2, 0) is 14.8 Å². The van der Waals surface area contributed by atoms with Crippen molar-refractivity contribution >= 4 is 21.8 Å². The highest BCUT2D eigenvalue weighted by Gasteiger charge is 2.31. The largest absolute Gasteiger partial charge is 0.497 e. The fraction of sp³-hybridized carbons (Fsp3) is 0.0909. The Bertz CT molecular complexity index is 691. The van der Waals surface area contributed by atoms with Crippen molar-refractivity contribution in [1.82, 2.24) is 0 Å². The summed E-state index contributed by atoms with van der Waals surface area (Å²) in [5, 5.41) is 0.